The van der Waals surface area contributed by atoms with Crippen LogP contribution < -0.4 is 10.9 Å². The monoisotopic (exact) mass is 174 g/mol. The molecule has 0 radical (unpaired) electrons. The quantitative estimate of drug-likeness (QED) is 0.646. The van der Waals surface area contributed by atoms with E-state index < -0.39 is 16.6 Å². The fourth-order valence-corrected chi connectivity index (χ4v) is 1.25. The van der Waals surface area contributed by atoms with Crippen LogP contribution in [0.5, 0.6) is 5.75 Å². The Kier molecular flexibility index (Phi) is 1.52. The van der Waals surface area contributed by atoms with E-state index in [4.69, 9.17) is 5.11 Å². The Morgan fingerprint density at radius 2 is 1.54 bits per heavy atom. The van der Waals surface area contributed by atoms with Gasteiger partial charge in [0, 0.05) is 0 Å². The Morgan fingerprint density at radius 1 is 0.923 bits per heavy atom. The van der Waals surface area contributed by atoms with Gasteiger partial charge in [-0.05, 0) is 5.56 Å². The van der Waals surface area contributed by atoms with Crippen molar-refractivity contribution >= 4 is 0 Å². The maximum absolute atomic E-state index is 11.0. The van der Waals surface area contributed by atoms with Crippen LogP contribution in [-0.2, 0) is 0 Å². The zero-order valence-electron chi connectivity index (χ0n) is 6.65. The molecule has 0 atom stereocenters. The lowest BCUT2D eigenvalue weighted by Crippen LogP contribution is -2.31. The van der Waals surface area contributed by atoms with E-state index in [1.54, 1.807) is 30.3 Å². The lowest BCUT2D eigenvalue weighted by Gasteiger charge is -2.03. The molecule has 0 aliphatic rings. The van der Waals surface area contributed by atoms with Crippen LogP contribution >= 0.6 is 0 Å². The van der Waals surface area contributed by atoms with Gasteiger partial charge in [0.2, 0.25) is 5.43 Å². The number of benzene rings is 1. The molecular weight excluding hydrogens is 168 g/mol. The summed E-state index contributed by atoms with van der Waals surface area (Å²) in [5, 5.41) is 9.11. The summed E-state index contributed by atoms with van der Waals surface area (Å²) in [6.45, 7) is 0. The van der Waals surface area contributed by atoms with Crippen molar-refractivity contribution in [1.82, 2.24) is 0 Å². The van der Waals surface area contributed by atoms with Gasteiger partial charge in [-0.15, -0.1) is 0 Å². The summed E-state index contributed by atoms with van der Waals surface area (Å²) in [5.74, 6) is -0.420. The summed E-state index contributed by atoms with van der Waals surface area (Å²) in [7, 11) is 0. The van der Waals surface area contributed by atoms with Gasteiger partial charge in [0.25, 0.3) is 5.43 Å². The van der Waals surface area contributed by atoms with E-state index in [9.17, 15) is 9.59 Å². The number of aromatic hydroxyl groups is 1. The van der Waals surface area contributed by atoms with Gasteiger partial charge in [0.15, 0.2) is 5.75 Å². The molecule has 2 aromatic rings. The van der Waals surface area contributed by atoms with Crippen LogP contribution in [0.2, 0.25) is 0 Å². The minimum Gasteiger partial charge on any atom is -0.503 e. The van der Waals surface area contributed by atoms with E-state index in [0.717, 1.165) is 0 Å². The largest absolute Gasteiger partial charge is 0.503 e. The van der Waals surface area contributed by atoms with Gasteiger partial charge in [-0.3, -0.25) is 9.59 Å². The van der Waals surface area contributed by atoms with Crippen molar-refractivity contribution in [2.45, 2.75) is 0 Å². The van der Waals surface area contributed by atoms with Crippen molar-refractivity contribution in [2.24, 2.45) is 0 Å². The Morgan fingerprint density at radius 3 is 2.08 bits per heavy atom. The Bertz CT molecular complexity index is 504. The van der Waals surface area contributed by atoms with E-state index in [-0.39, 0.29) is 5.56 Å². The third kappa shape index (κ3) is 0.973. The smallest absolute Gasteiger partial charge is 0.268 e. The molecule has 0 aliphatic carbocycles. The molecule has 1 N–H and O–H groups in total. The second kappa shape index (κ2) is 2.55. The van der Waals surface area contributed by atoms with Crippen molar-refractivity contribution in [3.05, 3.63) is 50.8 Å². The van der Waals surface area contributed by atoms with E-state index in [0.29, 0.717) is 5.56 Å². The number of rotatable bonds is 1. The molecule has 0 amide bonds. The van der Waals surface area contributed by atoms with Crippen molar-refractivity contribution in [3.63, 3.8) is 0 Å². The van der Waals surface area contributed by atoms with Crippen LogP contribution in [0.25, 0.3) is 11.1 Å². The molecule has 2 aromatic carbocycles. The SMILES string of the molecule is O=c1c(O)c(-c2ccccc2)c1=O. The maximum atomic E-state index is 11.0. The molecule has 0 fully saturated rings. The zero-order chi connectivity index (χ0) is 9.42. The summed E-state index contributed by atoms with van der Waals surface area (Å²) in [6, 6.07) is 8.63. The van der Waals surface area contributed by atoms with Crippen molar-refractivity contribution in [2.75, 3.05) is 0 Å². The highest BCUT2D eigenvalue weighted by molar-refractivity contribution is 5.73. The molecule has 13 heavy (non-hydrogen) atoms. The molecule has 0 heterocycles. The topological polar surface area (TPSA) is 54.4 Å². The molecule has 3 heteroatoms. The fraction of sp³-hybridized carbons (Fsp3) is 0. The molecule has 0 bridgehead atoms. The van der Waals surface area contributed by atoms with Crippen LogP contribution in [0.15, 0.2) is 39.9 Å². The van der Waals surface area contributed by atoms with Crippen LogP contribution in [0.3, 0.4) is 0 Å². The summed E-state index contributed by atoms with van der Waals surface area (Å²) in [6.07, 6.45) is 0. The predicted octanol–water partition coefficient (Wildman–Crippen LogP) is 0.655. The van der Waals surface area contributed by atoms with E-state index in [2.05, 4.69) is 0 Å². The molecule has 2 rings (SSSR count). The van der Waals surface area contributed by atoms with Gasteiger partial charge in [0.05, 0.1) is 5.56 Å². The van der Waals surface area contributed by atoms with Gasteiger partial charge >= 0.3 is 0 Å². The predicted molar refractivity (Wildman–Crippen MR) is 48.5 cm³/mol. The summed E-state index contributed by atoms with van der Waals surface area (Å²) in [4.78, 5) is 21.7. The first-order chi connectivity index (χ1) is 6.22. The van der Waals surface area contributed by atoms with Gasteiger partial charge < -0.3 is 5.11 Å². The molecular formula is C10H6O3. The summed E-state index contributed by atoms with van der Waals surface area (Å²) < 4.78 is 0. The normalized spacial score (nSPS) is 10.5. The second-order valence-electron chi connectivity index (χ2n) is 2.75. The number of hydrogen-bond acceptors (Lipinski definition) is 3. The minimum atomic E-state index is -0.793. The third-order valence-corrected chi connectivity index (χ3v) is 1.95. The van der Waals surface area contributed by atoms with Gasteiger partial charge in [-0.1, -0.05) is 30.3 Å². The van der Waals surface area contributed by atoms with E-state index in [1.165, 1.54) is 0 Å². The second-order valence-corrected chi connectivity index (χ2v) is 2.75. The first-order valence-corrected chi connectivity index (χ1v) is 3.79. The van der Waals surface area contributed by atoms with Crippen molar-refractivity contribution < 1.29 is 5.11 Å². The first-order valence-electron chi connectivity index (χ1n) is 3.79. The highest BCUT2D eigenvalue weighted by atomic mass is 16.3. The van der Waals surface area contributed by atoms with Crippen molar-refractivity contribution in [1.29, 1.82) is 0 Å². The van der Waals surface area contributed by atoms with Crippen LogP contribution in [0.4, 0.5) is 0 Å². The van der Waals surface area contributed by atoms with Gasteiger partial charge in [-0.2, -0.15) is 0 Å². The van der Waals surface area contributed by atoms with E-state index in [1.807, 2.05) is 0 Å². The van der Waals surface area contributed by atoms with Crippen LogP contribution in [-0.4, -0.2) is 5.11 Å². The highest BCUT2D eigenvalue weighted by Gasteiger charge is 2.20. The molecule has 0 spiro atoms. The average Bonchev–Trinajstić information content (AvgIpc) is 2.19. The lowest BCUT2D eigenvalue weighted by atomic mass is 10.0. The standard InChI is InChI=1S/C10H6O3/c11-8-7(9(12)10(8)13)6-4-2-1-3-5-6/h1-5,11H. The third-order valence-electron chi connectivity index (χ3n) is 1.95. The first kappa shape index (κ1) is 7.73. The molecule has 3 nitrogen and oxygen atoms in total. The molecule has 0 aromatic heterocycles. The number of hydrogen-bond donors (Lipinski definition) is 1. The van der Waals surface area contributed by atoms with Crippen LogP contribution in [0.1, 0.15) is 0 Å². The Hall–Kier alpha value is -1.90. The maximum Gasteiger partial charge on any atom is 0.268 e. The molecule has 0 aliphatic heterocycles. The molecule has 64 valence electrons. The lowest BCUT2D eigenvalue weighted by molar-refractivity contribution is 0.465. The molecule has 0 saturated carbocycles. The Balaban J connectivity index is 2.63. The molecule has 0 unspecified atom stereocenters. The van der Waals surface area contributed by atoms with Crippen LogP contribution in [0, 0.1) is 0 Å². The van der Waals surface area contributed by atoms with E-state index >= 15 is 0 Å². The summed E-state index contributed by atoms with van der Waals surface area (Å²) in [5.41, 5.74) is -0.683. The minimum absolute atomic E-state index is 0.130. The fourth-order valence-electron chi connectivity index (χ4n) is 1.25. The molecule has 0 saturated heterocycles. The summed E-state index contributed by atoms with van der Waals surface area (Å²) >= 11 is 0. The van der Waals surface area contributed by atoms with Gasteiger partial charge in [-0.25, -0.2) is 0 Å². The van der Waals surface area contributed by atoms with Crippen molar-refractivity contribution in [3.8, 4) is 16.9 Å². The average molecular weight is 174 g/mol. The zero-order valence-corrected chi connectivity index (χ0v) is 6.65. The van der Waals surface area contributed by atoms with Gasteiger partial charge in [0.1, 0.15) is 0 Å². The Labute approximate surface area is 73.6 Å². The highest BCUT2D eigenvalue weighted by Crippen LogP contribution is 2.23.